The molecule has 2 aromatic carbocycles. The van der Waals surface area contributed by atoms with Crippen molar-refractivity contribution in [1.82, 2.24) is 4.98 Å². The summed E-state index contributed by atoms with van der Waals surface area (Å²) in [5.74, 6) is -3.15. The van der Waals surface area contributed by atoms with Gasteiger partial charge >= 0.3 is 0 Å². The molecule has 6 nitrogen and oxygen atoms in total. The number of amides is 1. The normalized spacial score (nSPS) is 25.6. The average Bonchev–Trinajstić information content (AvgIpc) is 3.36. The minimum atomic E-state index is -3.95. The van der Waals surface area contributed by atoms with Crippen LogP contribution in [0.4, 0.5) is 14.5 Å². The SMILES string of the molecule is C[C@@]1(O)C2CC[C@H]1C[C@H](S(=O)(=O)c1cc(C(=O)Nc3ccc(F)c(F)c3)c(-c3nccs3)cc1Cl)C2. The molecule has 2 bridgehead atoms. The molecule has 5 rings (SSSR count). The van der Waals surface area contributed by atoms with Crippen LogP contribution in [0.3, 0.4) is 0 Å². The number of halogens is 3. The van der Waals surface area contributed by atoms with Crippen LogP contribution in [0.5, 0.6) is 0 Å². The summed E-state index contributed by atoms with van der Waals surface area (Å²) in [5, 5.41) is 14.7. The van der Waals surface area contributed by atoms with Gasteiger partial charge in [-0.1, -0.05) is 11.6 Å². The predicted octanol–water partition coefficient (Wildman–Crippen LogP) is 5.71. The zero-order chi connectivity index (χ0) is 25.8. The van der Waals surface area contributed by atoms with Gasteiger partial charge in [0.2, 0.25) is 0 Å². The number of aliphatic hydroxyl groups is 1. The Morgan fingerprint density at radius 3 is 2.47 bits per heavy atom. The Morgan fingerprint density at radius 1 is 1.17 bits per heavy atom. The number of nitrogens with zero attached hydrogens (tertiary/aromatic N) is 1. The van der Waals surface area contributed by atoms with Crippen LogP contribution in [0.1, 0.15) is 43.0 Å². The third-order valence-corrected chi connectivity index (χ3v) is 11.0. The molecule has 2 aliphatic rings. The largest absolute Gasteiger partial charge is 0.390 e. The van der Waals surface area contributed by atoms with Crippen molar-refractivity contribution in [2.24, 2.45) is 11.8 Å². The molecule has 1 amide bonds. The van der Waals surface area contributed by atoms with Gasteiger partial charge in [-0.15, -0.1) is 11.3 Å². The molecule has 3 aromatic rings. The number of anilines is 1. The third-order valence-electron chi connectivity index (χ3n) is 7.51. The molecule has 2 aliphatic carbocycles. The second-order valence-corrected chi connectivity index (χ2v) is 13.1. The van der Waals surface area contributed by atoms with Crippen molar-refractivity contribution in [3.8, 4) is 10.6 Å². The van der Waals surface area contributed by atoms with E-state index in [-0.39, 0.29) is 33.0 Å². The zero-order valence-corrected chi connectivity index (χ0v) is 21.6. The summed E-state index contributed by atoms with van der Waals surface area (Å²) in [6.07, 6.45) is 3.70. The smallest absolute Gasteiger partial charge is 0.256 e. The number of benzene rings is 2. The van der Waals surface area contributed by atoms with E-state index in [0.717, 1.165) is 25.0 Å². The van der Waals surface area contributed by atoms with Gasteiger partial charge in [0, 0.05) is 28.9 Å². The highest BCUT2D eigenvalue weighted by Crippen LogP contribution is 2.52. The third kappa shape index (κ3) is 4.34. The molecule has 1 aromatic heterocycles. The molecule has 11 heteroatoms. The van der Waals surface area contributed by atoms with Gasteiger partial charge in [-0.05, 0) is 68.7 Å². The number of carbonyl (C=O) groups is 1. The van der Waals surface area contributed by atoms with E-state index in [2.05, 4.69) is 10.3 Å². The van der Waals surface area contributed by atoms with Crippen molar-refractivity contribution in [2.75, 3.05) is 5.32 Å². The molecular formula is C25H23ClF2N2O4S2. The van der Waals surface area contributed by atoms with E-state index in [1.165, 1.54) is 29.5 Å². The number of thiazole rings is 1. The molecule has 0 saturated heterocycles. The Kier molecular flexibility index (Phi) is 6.43. The molecule has 2 saturated carbocycles. The highest BCUT2D eigenvalue weighted by Gasteiger charge is 2.53. The summed E-state index contributed by atoms with van der Waals surface area (Å²) < 4.78 is 54.5. The molecular weight excluding hydrogens is 530 g/mol. The van der Waals surface area contributed by atoms with Crippen LogP contribution in [0.2, 0.25) is 5.02 Å². The maximum Gasteiger partial charge on any atom is 0.256 e. The van der Waals surface area contributed by atoms with Gasteiger partial charge in [0.05, 0.1) is 26.3 Å². The lowest BCUT2D eigenvalue weighted by Gasteiger charge is -2.40. The number of aromatic nitrogens is 1. The first-order valence-corrected chi connectivity index (χ1v) is 14.2. The van der Waals surface area contributed by atoms with Gasteiger partial charge in [-0.3, -0.25) is 4.79 Å². The quantitative estimate of drug-likeness (QED) is 0.423. The maximum atomic E-state index is 13.7. The average molecular weight is 553 g/mol. The fraction of sp³-hybridized carbons (Fsp3) is 0.360. The van der Waals surface area contributed by atoms with E-state index < -0.39 is 38.2 Å². The Labute approximate surface area is 216 Å². The highest BCUT2D eigenvalue weighted by molar-refractivity contribution is 7.92. The van der Waals surface area contributed by atoms with E-state index in [1.807, 2.05) is 0 Å². The molecule has 0 aliphatic heterocycles. The summed E-state index contributed by atoms with van der Waals surface area (Å²) in [5.41, 5.74) is -0.571. The van der Waals surface area contributed by atoms with Gasteiger partial charge in [0.1, 0.15) is 5.01 Å². The molecule has 190 valence electrons. The minimum absolute atomic E-state index is 0.00873. The monoisotopic (exact) mass is 552 g/mol. The van der Waals surface area contributed by atoms with Crippen LogP contribution in [-0.4, -0.2) is 35.3 Å². The van der Waals surface area contributed by atoms with Gasteiger partial charge in [0.25, 0.3) is 5.91 Å². The Morgan fingerprint density at radius 2 is 1.86 bits per heavy atom. The molecule has 36 heavy (non-hydrogen) atoms. The van der Waals surface area contributed by atoms with Crippen LogP contribution < -0.4 is 5.32 Å². The summed E-state index contributed by atoms with van der Waals surface area (Å²) >= 11 is 7.74. The zero-order valence-electron chi connectivity index (χ0n) is 19.2. The molecule has 2 fully saturated rings. The molecule has 1 heterocycles. The Bertz CT molecular complexity index is 1430. The number of hydrogen-bond donors (Lipinski definition) is 2. The summed E-state index contributed by atoms with van der Waals surface area (Å²) in [4.78, 5) is 17.3. The first-order chi connectivity index (χ1) is 17.0. The fourth-order valence-corrected chi connectivity index (χ4v) is 8.56. The van der Waals surface area contributed by atoms with E-state index in [9.17, 15) is 27.1 Å². The minimum Gasteiger partial charge on any atom is -0.390 e. The first kappa shape index (κ1) is 25.3. The van der Waals surface area contributed by atoms with Crippen molar-refractivity contribution in [1.29, 1.82) is 0 Å². The van der Waals surface area contributed by atoms with E-state index in [1.54, 1.807) is 18.5 Å². The number of nitrogens with one attached hydrogen (secondary N) is 1. The topological polar surface area (TPSA) is 96.4 Å². The molecule has 2 N–H and O–H groups in total. The van der Waals surface area contributed by atoms with Crippen LogP contribution in [-0.2, 0) is 9.84 Å². The maximum absolute atomic E-state index is 13.7. The fourth-order valence-electron chi connectivity index (χ4n) is 5.46. The van der Waals surface area contributed by atoms with Gasteiger partial charge in [0.15, 0.2) is 21.5 Å². The van der Waals surface area contributed by atoms with Crippen LogP contribution >= 0.6 is 22.9 Å². The van der Waals surface area contributed by atoms with Crippen LogP contribution in [0.15, 0.2) is 46.8 Å². The van der Waals surface area contributed by atoms with E-state index >= 15 is 0 Å². The first-order valence-electron chi connectivity index (χ1n) is 11.4. The number of sulfone groups is 1. The lowest BCUT2D eigenvalue weighted by molar-refractivity contribution is -0.0413. The molecule has 1 unspecified atom stereocenters. The van der Waals surface area contributed by atoms with Crippen molar-refractivity contribution >= 4 is 44.4 Å². The van der Waals surface area contributed by atoms with Crippen molar-refractivity contribution in [3.63, 3.8) is 0 Å². The molecule has 0 radical (unpaired) electrons. The van der Waals surface area contributed by atoms with Crippen molar-refractivity contribution in [3.05, 3.63) is 64.1 Å². The highest BCUT2D eigenvalue weighted by atomic mass is 35.5. The van der Waals surface area contributed by atoms with Crippen molar-refractivity contribution in [2.45, 2.75) is 48.4 Å². The van der Waals surface area contributed by atoms with Gasteiger partial charge < -0.3 is 10.4 Å². The summed E-state index contributed by atoms with van der Waals surface area (Å²) in [6.45, 7) is 1.77. The second kappa shape index (κ2) is 9.16. The van der Waals surface area contributed by atoms with Crippen LogP contribution in [0.25, 0.3) is 10.6 Å². The number of hydrogen-bond acceptors (Lipinski definition) is 6. The summed E-state index contributed by atoms with van der Waals surface area (Å²) in [6, 6.07) is 5.57. The predicted molar refractivity (Wildman–Crippen MR) is 134 cm³/mol. The van der Waals surface area contributed by atoms with Crippen molar-refractivity contribution < 1.29 is 27.1 Å². The lowest BCUT2D eigenvalue weighted by atomic mass is 9.76. The van der Waals surface area contributed by atoms with Gasteiger partial charge in [-0.2, -0.15) is 0 Å². The lowest BCUT2D eigenvalue weighted by Crippen LogP contribution is -2.45. The molecule has 4 atom stereocenters. The number of carbonyl (C=O) groups excluding carboxylic acids is 1. The second-order valence-electron chi connectivity index (χ2n) is 9.58. The van der Waals surface area contributed by atoms with Gasteiger partial charge in [-0.25, -0.2) is 22.2 Å². The van der Waals surface area contributed by atoms with E-state index in [4.69, 9.17) is 11.6 Å². The van der Waals surface area contributed by atoms with E-state index in [0.29, 0.717) is 23.4 Å². The number of fused-ring (bicyclic) bond motifs is 2. The standard InChI is InChI=1S/C25H23ClF2N2O4S2/c1-25(32)13-2-3-14(25)9-16(8-13)36(33,34)22-12-17(18(11-19(22)26)24-29-6-7-35-24)23(31)30-15-4-5-20(27)21(28)10-15/h4-7,10-14,16,32H,2-3,8-9H2,1H3,(H,30,31)/t13-,14?,16-,25-/m0/s1. The van der Waals surface area contributed by atoms with Crippen LogP contribution in [0, 0.1) is 23.5 Å². The number of rotatable bonds is 5. The summed E-state index contributed by atoms with van der Waals surface area (Å²) in [7, 11) is -3.95. The Hall–Kier alpha value is -2.40. The Balaban J connectivity index is 1.55. The molecule has 0 spiro atoms.